The molecule has 0 unspecified atom stereocenters. The number of carboxylic acid groups (broad SMARTS) is 1. The van der Waals surface area contributed by atoms with Gasteiger partial charge < -0.3 is 9.84 Å². The SMILES string of the molecule is CCCCCCc1cccc(C(=O)O)c1OC(=CC=Cc1ccccc1)c1ccccc1. The van der Waals surface area contributed by atoms with Gasteiger partial charge in [0.25, 0.3) is 0 Å². The number of carbonyl (C=O) groups is 1. The normalized spacial score (nSPS) is 11.6. The summed E-state index contributed by atoms with van der Waals surface area (Å²) >= 11 is 0. The van der Waals surface area contributed by atoms with E-state index >= 15 is 0 Å². The zero-order chi connectivity index (χ0) is 22.6. The molecule has 0 aliphatic heterocycles. The van der Waals surface area contributed by atoms with Gasteiger partial charge >= 0.3 is 5.97 Å². The number of para-hydroxylation sites is 1. The van der Waals surface area contributed by atoms with Crippen molar-refractivity contribution in [2.45, 2.75) is 39.0 Å². The molecule has 0 saturated heterocycles. The minimum atomic E-state index is -0.984. The highest BCUT2D eigenvalue weighted by atomic mass is 16.5. The first-order chi connectivity index (χ1) is 15.7. The first kappa shape index (κ1) is 23.1. The molecule has 0 atom stereocenters. The maximum atomic E-state index is 12.0. The van der Waals surface area contributed by atoms with E-state index in [1.807, 2.05) is 85.0 Å². The fourth-order valence-corrected chi connectivity index (χ4v) is 3.53. The average molecular weight is 427 g/mol. The van der Waals surface area contributed by atoms with Crippen molar-refractivity contribution in [3.63, 3.8) is 0 Å². The topological polar surface area (TPSA) is 46.5 Å². The Labute approximate surface area is 190 Å². The minimum absolute atomic E-state index is 0.187. The van der Waals surface area contributed by atoms with Crippen LogP contribution < -0.4 is 4.74 Å². The van der Waals surface area contributed by atoms with E-state index in [0.717, 1.165) is 42.4 Å². The Hall–Kier alpha value is -3.59. The predicted molar refractivity (Wildman–Crippen MR) is 132 cm³/mol. The molecule has 3 aromatic carbocycles. The van der Waals surface area contributed by atoms with Crippen molar-refractivity contribution >= 4 is 17.8 Å². The smallest absolute Gasteiger partial charge is 0.339 e. The maximum Gasteiger partial charge on any atom is 0.339 e. The van der Waals surface area contributed by atoms with Crippen LogP contribution in [0.25, 0.3) is 11.8 Å². The molecule has 0 saturated carbocycles. The zero-order valence-electron chi connectivity index (χ0n) is 18.5. The molecule has 0 heterocycles. The van der Waals surface area contributed by atoms with Crippen molar-refractivity contribution in [3.05, 3.63) is 113 Å². The van der Waals surface area contributed by atoms with Gasteiger partial charge in [0, 0.05) is 5.56 Å². The summed E-state index contributed by atoms with van der Waals surface area (Å²) in [6.45, 7) is 2.18. The fraction of sp³-hybridized carbons (Fsp3) is 0.207. The molecule has 32 heavy (non-hydrogen) atoms. The molecule has 0 aliphatic rings. The molecule has 3 heteroatoms. The number of rotatable bonds is 11. The quantitative estimate of drug-likeness (QED) is 0.195. The molecule has 0 aliphatic carbocycles. The molecule has 3 nitrogen and oxygen atoms in total. The molecule has 3 rings (SSSR count). The van der Waals surface area contributed by atoms with Crippen molar-refractivity contribution in [1.82, 2.24) is 0 Å². The largest absolute Gasteiger partial charge is 0.478 e. The van der Waals surface area contributed by atoms with Gasteiger partial charge in [-0.25, -0.2) is 4.79 Å². The van der Waals surface area contributed by atoms with Gasteiger partial charge in [-0.15, -0.1) is 0 Å². The number of allylic oxidation sites excluding steroid dienone is 2. The van der Waals surface area contributed by atoms with Gasteiger partial charge in [-0.05, 0) is 36.1 Å². The van der Waals surface area contributed by atoms with Crippen LogP contribution in [0, 0.1) is 0 Å². The number of ether oxygens (including phenoxy) is 1. The van der Waals surface area contributed by atoms with E-state index in [2.05, 4.69) is 6.92 Å². The van der Waals surface area contributed by atoms with E-state index in [1.54, 1.807) is 12.1 Å². The van der Waals surface area contributed by atoms with Crippen LogP contribution in [-0.4, -0.2) is 11.1 Å². The van der Waals surface area contributed by atoms with Crippen LogP contribution in [0.15, 0.2) is 91.0 Å². The zero-order valence-corrected chi connectivity index (χ0v) is 18.5. The second-order valence-electron chi connectivity index (χ2n) is 7.68. The summed E-state index contributed by atoms with van der Waals surface area (Å²) in [5, 5.41) is 9.79. The minimum Gasteiger partial charge on any atom is -0.478 e. The molecule has 0 amide bonds. The highest BCUT2D eigenvalue weighted by Gasteiger charge is 2.17. The lowest BCUT2D eigenvalue weighted by Gasteiger charge is -2.16. The van der Waals surface area contributed by atoms with Gasteiger partial charge in [-0.1, -0.05) is 111 Å². The standard InChI is InChI=1S/C29H30O3/c1-2-3-4-9-19-25-20-13-21-26(29(30)31)28(25)32-27(24-17-10-6-11-18-24)22-12-16-23-14-7-5-8-15-23/h5-8,10-18,20-22H,2-4,9,19H2,1H3,(H,30,31). The van der Waals surface area contributed by atoms with Crippen LogP contribution in [-0.2, 0) is 6.42 Å². The van der Waals surface area contributed by atoms with E-state index < -0.39 is 5.97 Å². The van der Waals surface area contributed by atoms with Gasteiger partial charge in [-0.3, -0.25) is 0 Å². The summed E-state index contributed by atoms with van der Waals surface area (Å²) in [6.07, 6.45) is 11.1. The van der Waals surface area contributed by atoms with Crippen LogP contribution in [0.4, 0.5) is 0 Å². The molecule has 1 N–H and O–H groups in total. The molecule has 0 bridgehead atoms. The highest BCUT2D eigenvalue weighted by molar-refractivity contribution is 5.92. The molecular weight excluding hydrogens is 396 g/mol. The van der Waals surface area contributed by atoms with Crippen LogP contribution in [0.5, 0.6) is 5.75 Å². The molecule has 164 valence electrons. The first-order valence-corrected chi connectivity index (χ1v) is 11.2. The Morgan fingerprint density at radius 3 is 2.28 bits per heavy atom. The molecule has 0 fully saturated rings. The lowest BCUT2D eigenvalue weighted by molar-refractivity contribution is 0.0694. The number of hydrogen-bond donors (Lipinski definition) is 1. The number of unbranched alkanes of at least 4 members (excludes halogenated alkanes) is 3. The molecule has 0 aromatic heterocycles. The van der Waals surface area contributed by atoms with E-state index in [1.165, 1.54) is 6.42 Å². The summed E-state index contributed by atoms with van der Waals surface area (Å²) in [5.41, 5.74) is 3.09. The summed E-state index contributed by atoms with van der Waals surface area (Å²) < 4.78 is 6.35. The number of hydrogen-bond acceptors (Lipinski definition) is 2. The van der Waals surface area contributed by atoms with Gasteiger partial charge in [0.2, 0.25) is 0 Å². The van der Waals surface area contributed by atoms with Crippen LogP contribution in [0.3, 0.4) is 0 Å². The molecule has 0 radical (unpaired) electrons. The van der Waals surface area contributed by atoms with Gasteiger partial charge in [0.15, 0.2) is 0 Å². The van der Waals surface area contributed by atoms with Crippen LogP contribution >= 0.6 is 0 Å². The lowest BCUT2D eigenvalue weighted by atomic mass is 10.0. The Bertz CT molecular complexity index is 1050. The Balaban J connectivity index is 1.95. The fourth-order valence-electron chi connectivity index (χ4n) is 3.53. The number of carboxylic acids is 1. The monoisotopic (exact) mass is 426 g/mol. The third-order valence-electron chi connectivity index (χ3n) is 5.23. The van der Waals surface area contributed by atoms with Crippen molar-refractivity contribution in [1.29, 1.82) is 0 Å². The second kappa shape index (κ2) is 12.3. The van der Waals surface area contributed by atoms with Crippen molar-refractivity contribution in [2.75, 3.05) is 0 Å². The van der Waals surface area contributed by atoms with E-state index in [4.69, 9.17) is 4.74 Å². The first-order valence-electron chi connectivity index (χ1n) is 11.2. The summed E-state index contributed by atoms with van der Waals surface area (Å²) in [6, 6.07) is 25.2. The average Bonchev–Trinajstić information content (AvgIpc) is 2.83. The Kier molecular flexibility index (Phi) is 8.88. The summed E-state index contributed by atoms with van der Waals surface area (Å²) in [5.74, 6) is 0.0589. The third kappa shape index (κ3) is 6.71. The third-order valence-corrected chi connectivity index (χ3v) is 5.23. The summed E-state index contributed by atoms with van der Waals surface area (Å²) in [4.78, 5) is 12.0. The number of benzene rings is 3. The lowest BCUT2D eigenvalue weighted by Crippen LogP contribution is -2.06. The number of aromatic carboxylic acids is 1. The number of aryl methyl sites for hydroxylation is 1. The second-order valence-corrected chi connectivity index (χ2v) is 7.68. The van der Waals surface area contributed by atoms with Crippen LogP contribution in [0.1, 0.15) is 59.7 Å². The van der Waals surface area contributed by atoms with E-state index in [-0.39, 0.29) is 5.56 Å². The van der Waals surface area contributed by atoms with Crippen molar-refractivity contribution in [3.8, 4) is 5.75 Å². The van der Waals surface area contributed by atoms with Crippen LogP contribution in [0.2, 0.25) is 0 Å². The van der Waals surface area contributed by atoms with Gasteiger partial charge in [0.05, 0.1) is 0 Å². The van der Waals surface area contributed by atoms with E-state index in [0.29, 0.717) is 11.5 Å². The van der Waals surface area contributed by atoms with E-state index in [9.17, 15) is 9.90 Å². The maximum absolute atomic E-state index is 12.0. The van der Waals surface area contributed by atoms with Gasteiger partial charge in [0.1, 0.15) is 17.1 Å². The summed E-state index contributed by atoms with van der Waals surface area (Å²) in [7, 11) is 0. The Morgan fingerprint density at radius 2 is 1.59 bits per heavy atom. The molecule has 3 aromatic rings. The molecule has 0 spiro atoms. The highest BCUT2D eigenvalue weighted by Crippen LogP contribution is 2.31. The Morgan fingerprint density at radius 1 is 0.875 bits per heavy atom. The van der Waals surface area contributed by atoms with Crippen molar-refractivity contribution in [2.24, 2.45) is 0 Å². The van der Waals surface area contributed by atoms with Gasteiger partial charge in [-0.2, -0.15) is 0 Å². The van der Waals surface area contributed by atoms with Crippen molar-refractivity contribution < 1.29 is 14.6 Å². The molecular formula is C29H30O3. The predicted octanol–water partition coefficient (Wildman–Crippen LogP) is 7.64.